The predicted molar refractivity (Wildman–Crippen MR) is 51.8 cm³/mol. The van der Waals surface area contributed by atoms with E-state index in [9.17, 15) is 0 Å². The first-order valence-corrected chi connectivity index (χ1v) is 4.66. The molecule has 12 heavy (non-hydrogen) atoms. The summed E-state index contributed by atoms with van der Waals surface area (Å²) in [6.45, 7) is 10.8. The maximum atomic E-state index is 4.26. The van der Waals surface area contributed by atoms with Gasteiger partial charge in [0.1, 0.15) is 12.5 Å². The molecule has 0 saturated carbocycles. The number of rotatable bonds is 3. The van der Waals surface area contributed by atoms with Crippen LogP contribution in [0.25, 0.3) is 0 Å². The Morgan fingerprint density at radius 1 is 1.42 bits per heavy atom. The summed E-state index contributed by atoms with van der Waals surface area (Å²) in [6.07, 6.45) is 0. The van der Waals surface area contributed by atoms with Crippen LogP contribution < -0.4 is 5.43 Å². The van der Waals surface area contributed by atoms with Crippen LogP contribution in [0.15, 0.2) is 5.10 Å². The molecular formula is C9H19N3. The van der Waals surface area contributed by atoms with E-state index < -0.39 is 0 Å². The second-order valence-corrected chi connectivity index (χ2v) is 4.06. The number of nitrogens with zero attached hydrogens (tertiary/aromatic N) is 2. The summed E-state index contributed by atoms with van der Waals surface area (Å²) in [4.78, 5) is 2.31. The molecule has 1 aliphatic rings. The fourth-order valence-electron chi connectivity index (χ4n) is 1.45. The molecule has 0 aliphatic carbocycles. The van der Waals surface area contributed by atoms with Gasteiger partial charge >= 0.3 is 0 Å². The Morgan fingerprint density at radius 3 is 2.58 bits per heavy atom. The van der Waals surface area contributed by atoms with Gasteiger partial charge in [0.15, 0.2) is 0 Å². The second-order valence-electron chi connectivity index (χ2n) is 4.06. The topological polar surface area (TPSA) is 27.6 Å². The van der Waals surface area contributed by atoms with Gasteiger partial charge in [0.2, 0.25) is 0 Å². The maximum absolute atomic E-state index is 4.26. The molecule has 1 rings (SSSR count). The minimum atomic E-state index is 0.527. The zero-order valence-corrected chi connectivity index (χ0v) is 8.46. The van der Waals surface area contributed by atoms with Gasteiger partial charge in [-0.15, -0.1) is 0 Å². The quantitative estimate of drug-likeness (QED) is 0.693. The molecule has 3 heteroatoms. The number of nitrogens with one attached hydrogen (secondary N) is 1. The van der Waals surface area contributed by atoms with Crippen LogP contribution in [-0.2, 0) is 0 Å². The summed E-state index contributed by atoms with van der Waals surface area (Å²) in [7, 11) is 0. The van der Waals surface area contributed by atoms with Gasteiger partial charge in [-0.25, -0.2) is 0 Å². The first-order valence-electron chi connectivity index (χ1n) is 4.66. The van der Waals surface area contributed by atoms with Crippen LogP contribution in [0.4, 0.5) is 0 Å². The molecule has 0 bridgehead atoms. The van der Waals surface area contributed by atoms with E-state index in [1.54, 1.807) is 0 Å². The molecule has 0 aromatic heterocycles. The Kier molecular flexibility index (Phi) is 2.95. The van der Waals surface area contributed by atoms with Crippen LogP contribution in [0.5, 0.6) is 0 Å². The summed E-state index contributed by atoms with van der Waals surface area (Å²) in [5.74, 6) is 2.43. The molecule has 0 aromatic rings. The van der Waals surface area contributed by atoms with Crippen LogP contribution >= 0.6 is 0 Å². The van der Waals surface area contributed by atoms with Crippen molar-refractivity contribution in [3.63, 3.8) is 0 Å². The van der Waals surface area contributed by atoms with Crippen molar-refractivity contribution >= 4 is 5.84 Å². The molecule has 0 fully saturated rings. The predicted octanol–water partition coefficient (Wildman–Crippen LogP) is 1.47. The SMILES string of the molecule is CC(C)CN1CNN=C1C(C)C. The number of hydrogen-bond donors (Lipinski definition) is 1. The first kappa shape index (κ1) is 9.36. The van der Waals surface area contributed by atoms with Gasteiger partial charge < -0.3 is 4.90 Å². The lowest BCUT2D eigenvalue weighted by molar-refractivity contribution is 0.361. The van der Waals surface area contributed by atoms with E-state index in [1.807, 2.05) is 0 Å². The molecule has 1 aliphatic heterocycles. The normalized spacial score (nSPS) is 17.2. The molecule has 0 saturated heterocycles. The van der Waals surface area contributed by atoms with Crippen LogP contribution in [0.3, 0.4) is 0 Å². The van der Waals surface area contributed by atoms with Crippen molar-refractivity contribution in [2.45, 2.75) is 27.7 Å². The highest BCUT2D eigenvalue weighted by atomic mass is 15.5. The van der Waals surface area contributed by atoms with Gasteiger partial charge in [0.25, 0.3) is 0 Å². The van der Waals surface area contributed by atoms with Gasteiger partial charge in [-0.2, -0.15) is 5.10 Å². The first-order chi connectivity index (χ1) is 5.61. The third-order valence-electron chi connectivity index (χ3n) is 1.88. The van der Waals surface area contributed by atoms with Crippen LogP contribution in [0, 0.1) is 11.8 Å². The van der Waals surface area contributed by atoms with Crippen molar-refractivity contribution in [1.29, 1.82) is 0 Å². The minimum absolute atomic E-state index is 0.527. The van der Waals surface area contributed by atoms with Gasteiger partial charge in [0, 0.05) is 12.5 Å². The third-order valence-corrected chi connectivity index (χ3v) is 1.88. The summed E-state index contributed by atoms with van der Waals surface area (Å²) < 4.78 is 0. The second kappa shape index (κ2) is 3.78. The molecule has 3 nitrogen and oxygen atoms in total. The lowest BCUT2D eigenvalue weighted by Crippen LogP contribution is -2.35. The van der Waals surface area contributed by atoms with Crippen LogP contribution in [0.1, 0.15) is 27.7 Å². The van der Waals surface area contributed by atoms with Crippen molar-refractivity contribution in [1.82, 2.24) is 10.3 Å². The highest BCUT2D eigenvalue weighted by Gasteiger charge is 2.19. The summed E-state index contributed by atoms with van der Waals surface area (Å²) in [6, 6.07) is 0. The molecule has 1 heterocycles. The zero-order chi connectivity index (χ0) is 9.14. The highest BCUT2D eigenvalue weighted by molar-refractivity contribution is 5.84. The third kappa shape index (κ3) is 2.13. The van der Waals surface area contributed by atoms with Gasteiger partial charge in [0.05, 0.1) is 0 Å². The summed E-state index contributed by atoms with van der Waals surface area (Å²) in [5, 5.41) is 4.26. The lowest BCUT2D eigenvalue weighted by atomic mass is 10.1. The van der Waals surface area contributed by atoms with Gasteiger partial charge in [-0.05, 0) is 5.92 Å². The zero-order valence-electron chi connectivity index (χ0n) is 8.46. The molecule has 0 unspecified atom stereocenters. The highest BCUT2D eigenvalue weighted by Crippen LogP contribution is 2.09. The van der Waals surface area contributed by atoms with Crippen LogP contribution in [0.2, 0.25) is 0 Å². The van der Waals surface area contributed by atoms with Crippen molar-refractivity contribution < 1.29 is 0 Å². The van der Waals surface area contributed by atoms with Crippen molar-refractivity contribution in [3.8, 4) is 0 Å². The van der Waals surface area contributed by atoms with Crippen molar-refractivity contribution in [2.24, 2.45) is 16.9 Å². The average molecular weight is 169 g/mol. The average Bonchev–Trinajstić information content (AvgIpc) is 2.33. The molecule has 0 spiro atoms. The van der Waals surface area contributed by atoms with Crippen molar-refractivity contribution in [3.05, 3.63) is 0 Å². The van der Waals surface area contributed by atoms with E-state index in [0.717, 1.165) is 13.2 Å². The molecule has 70 valence electrons. The number of hydrazone groups is 1. The molecule has 0 amide bonds. The van der Waals surface area contributed by atoms with E-state index in [-0.39, 0.29) is 0 Å². The number of amidine groups is 1. The Bertz CT molecular complexity index is 173. The number of hydrogen-bond acceptors (Lipinski definition) is 3. The monoisotopic (exact) mass is 169 g/mol. The van der Waals surface area contributed by atoms with Crippen LogP contribution in [-0.4, -0.2) is 23.9 Å². The minimum Gasteiger partial charge on any atom is -0.339 e. The summed E-state index contributed by atoms with van der Waals surface area (Å²) in [5.41, 5.74) is 3.02. The molecule has 1 N–H and O–H groups in total. The smallest absolute Gasteiger partial charge is 0.128 e. The fraction of sp³-hybridized carbons (Fsp3) is 0.889. The van der Waals surface area contributed by atoms with E-state index in [2.05, 4.69) is 43.1 Å². The van der Waals surface area contributed by atoms with Gasteiger partial charge in [-0.3, -0.25) is 5.43 Å². The Morgan fingerprint density at radius 2 is 2.08 bits per heavy atom. The summed E-state index contributed by atoms with van der Waals surface area (Å²) >= 11 is 0. The molecule has 0 aromatic carbocycles. The van der Waals surface area contributed by atoms with E-state index in [1.165, 1.54) is 5.84 Å². The fourth-order valence-corrected chi connectivity index (χ4v) is 1.45. The maximum Gasteiger partial charge on any atom is 0.128 e. The van der Waals surface area contributed by atoms with Crippen molar-refractivity contribution in [2.75, 3.05) is 13.2 Å². The molecule has 0 atom stereocenters. The Balaban J connectivity index is 2.50. The van der Waals surface area contributed by atoms with E-state index >= 15 is 0 Å². The Hall–Kier alpha value is -0.730. The van der Waals surface area contributed by atoms with E-state index in [0.29, 0.717) is 11.8 Å². The van der Waals surface area contributed by atoms with Gasteiger partial charge in [-0.1, -0.05) is 27.7 Å². The standard InChI is InChI=1S/C9H19N3/c1-7(2)5-12-6-10-11-9(12)8(3)4/h7-8,10H,5-6H2,1-4H3. The van der Waals surface area contributed by atoms with E-state index in [4.69, 9.17) is 0 Å². The lowest BCUT2D eigenvalue weighted by Gasteiger charge is -2.22. The largest absolute Gasteiger partial charge is 0.339 e. The molecular weight excluding hydrogens is 150 g/mol. The molecule has 0 radical (unpaired) electrons. The Labute approximate surface area is 74.8 Å².